The highest BCUT2D eigenvalue weighted by molar-refractivity contribution is 5.94. The summed E-state index contributed by atoms with van der Waals surface area (Å²) in [5, 5.41) is 2.09. The molecule has 0 saturated carbocycles. The third-order valence-electron chi connectivity index (χ3n) is 4.83. The fourth-order valence-corrected chi connectivity index (χ4v) is 3.03. The number of hydrogen-bond donors (Lipinski definition) is 1. The van der Waals surface area contributed by atoms with Crippen molar-refractivity contribution in [2.24, 2.45) is 5.73 Å². The van der Waals surface area contributed by atoms with E-state index >= 15 is 0 Å². The summed E-state index contributed by atoms with van der Waals surface area (Å²) >= 11 is 0. The maximum Gasteiger partial charge on any atom is 0.263 e. The summed E-state index contributed by atoms with van der Waals surface area (Å²) in [4.78, 5) is 25.1. The van der Waals surface area contributed by atoms with E-state index in [1.54, 1.807) is 31.0 Å². The van der Waals surface area contributed by atoms with Crippen LogP contribution in [-0.2, 0) is 4.79 Å². The predicted molar refractivity (Wildman–Crippen MR) is 111 cm³/mol. The summed E-state index contributed by atoms with van der Waals surface area (Å²) in [5.41, 5.74) is 7.80. The number of likely N-dealkylation sites (N-methyl/N-ethyl adjacent to an activating group) is 1. The molecule has 1 unspecified atom stereocenters. The molecule has 5 heteroatoms. The Morgan fingerprint density at radius 3 is 2.25 bits per heavy atom. The van der Waals surface area contributed by atoms with Gasteiger partial charge in [0.05, 0.1) is 0 Å². The fraction of sp³-hybridized carbons (Fsp3) is 0.217. The van der Waals surface area contributed by atoms with Gasteiger partial charge in [0.2, 0.25) is 5.91 Å². The van der Waals surface area contributed by atoms with Crippen LogP contribution < -0.4 is 10.5 Å². The summed E-state index contributed by atoms with van der Waals surface area (Å²) in [6.07, 6.45) is -0.549. The van der Waals surface area contributed by atoms with E-state index in [0.717, 1.165) is 21.9 Å². The highest BCUT2D eigenvalue weighted by atomic mass is 16.5. The normalized spacial score (nSPS) is 11.8. The van der Waals surface area contributed by atoms with E-state index in [0.29, 0.717) is 17.9 Å². The Morgan fingerprint density at radius 1 is 0.964 bits per heavy atom. The molecule has 3 aromatic rings. The molecule has 0 aliphatic heterocycles. The second kappa shape index (κ2) is 8.13. The number of hydrogen-bond acceptors (Lipinski definition) is 3. The van der Waals surface area contributed by atoms with Gasteiger partial charge in [0.25, 0.3) is 5.91 Å². The topological polar surface area (TPSA) is 72.6 Å². The molecule has 0 heterocycles. The summed E-state index contributed by atoms with van der Waals surface area (Å²) in [5.74, 6) is 0.161. The minimum atomic E-state index is -0.549. The second-order valence-electron chi connectivity index (χ2n) is 6.78. The summed E-state index contributed by atoms with van der Waals surface area (Å²) in [6.45, 7) is 4.33. The first-order chi connectivity index (χ1) is 13.4. The highest BCUT2D eigenvalue weighted by Gasteiger charge is 2.18. The van der Waals surface area contributed by atoms with Gasteiger partial charge in [-0.1, -0.05) is 30.3 Å². The first-order valence-corrected chi connectivity index (χ1v) is 9.24. The third kappa shape index (κ3) is 4.14. The third-order valence-corrected chi connectivity index (χ3v) is 4.83. The van der Waals surface area contributed by atoms with Crippen LogP contribution in [0.25, 0.3) is 21.9 Å². The van der Waals surface area contributed by atoms with E-state index in [2.05, 4.69) is 6.07 Å². The molecule has 3 rings (SSSR count). The predicted octanol–water partition coefficient (Wildman–Crippen LogP) is 3.85. The van der Waals surface area contributed by atoms with Gasteiger partial charge in [0.15, 0.2) is 6.10 Å². The first kappa shape index (κ1) is 19.4. The molecule has 1 atom stereocenters. The molecule has 3 aromatic carbocycles. The number of benzene rings is 3. The molecule has 2 N–H and O–H groups in total. The maximum atomic E-state index is 12.2. The minimum absolute atomic E-state index is 0.0501. The molecule has 0 saturated heterocycles. The number of carbonyl (C=O) groups excluding carboxylic acids is 2. The number of amides is 2. The monoisotopic (exact) mass is 376 g/mol. The van der Waals surface area contributed by atoms with Crippen LogP contribution in [0.4, 0.5) is 0 Å². The van der Waals surface area contributed by atoms with Gasteiger partial charge in [-0.05, 0) is 66.1 Å². The van der Waals surface area contributed by atoms with Crippen LogP contribution >= 0.6 is 0 Å². The van der Waals surface area contributed by atoms with E-state index in [-0.39, 0.29) is 5.91 Å². The highest BCUT2D eigenvalue weighted by Crippen LogP contribution is 2.28. The molecule has 2 amide bonds. The molecule has 0 aliphatic carbocycles. The Kier molecular flexibility index (Phi) is 5.64. The van der Waals surface area contributed by atoms with Gasteiger partial charge < -0.3 is 15.4 Å². The van der Waals surface area contributed by atoms with Crippen molar-refractivity contribution in [3.05, 3.63) is 66.2 Å². The summed E-state index contributed by atoms with van der Waals surface area (Å²) in [6, 6.07) is 19.1. The van der Waals surface area contributed by atoms with Crippen molar-refractivity contribution in [2.75, 3.05) is 13.6 Å². The molecule has 5 nitrogen and oxygen atoms in total. The molecule has 0 radical (unpaired) electrons. The standard InChI is InChI=1S/C23H24N2O3/c1-4-25(3)23(27)15(2)28-21-12-11-17-7-10-19(13-20(17)14-21)16-5-8-18(9-6-16)22(24)26/h5-15H,4H2,1-3H3,(H2,24,26). The van der Waals surface area contributed by atoms with Crippen molar-refractivity contribution in [1.82, 2.24) is 4.90 Å². The Morgan fingerprint density at radius 2 is 1.61 bits per heavy atom. The number of carbonyl (C=O) groups is 2. The second-order valence-corrected chi connectivity index (χ2v) is 6.78. The molecular formula is C23H24N2O3. The van der Waals surface area contributed by atoms with Crippen molar-refractivity contribution in [2.45, 2.75) is 20.0 Å². The molecule has 0 spiro atoms. The average molecular weight is 376 g/mol. The number of primary amides is 1. The SMILES string of the molecule is CCN(C)C(=O)C(C)Oc1ccc2ccc(-c3ccc(C(N)=O)cc3)cc2c1. The largest absolute Gasteiger partial charge is 0.481 e. The zero-order chi connectivity index (χ0) is 20.3. The zero-order valence-electron chi connectivity index (χ0n) is 16.3. The summed E-state index contributed by atoms with van der Waals surface area (Å²) < 4.78 is 5.85. The molecule has 0 aromatic heterocycles. The average Bonchev–Trinajstić information content (AvgIpc) is 2.72. The molecule has 0 aliphatic rings. The van der Waals surface area contributed by atoms with Crippen molar-refractivity contribution in [1.29, 1.82) is 0 Å². The number of nitrogens with zero attached hydrogens (tertiary/aromatic N) is 1. The number of nitrogens with two attached hydrogens (primary N) is 1. The van der Waals surface area contributed by atoms with E-state index in [1.165, 1.54) is 0 Å². The van der Waals surface area contributed by atoms with Gasteiger partial charge in [-0.25, -0.2) is 0 Å². The number of fused-ring (bicyclic) bond motifs is 1. The lowest BCUT2D eigenvalue weighted by Gasteiger charge is -2.20. The van der Waals surface area contributed by atoms with Crippen LogP contribution in [0.5, 0.6) is 5.75 Å². The van der Waals surface area contributed by atoms with Crippen LogP contribution in [0.1, 0.15) is 24.2 Å². The Hall–Kier alpha value is -3.34. The fourth-order valence-electron chi connectivity index (χ4n) is 3.03. The minimum Gasteiger partial charge on any atom is -0.481 e. The Bertz CT molecular complexity index is 1010. The van der Waals surface area contributed by atoms with Crippen molar-refractivity contribution >= 4 is 22.6 Å². The van der Waals surface area contributed by atoms with E-state index < -0.39 is 12.0 Å². The summed E-state index contributed by atoms with van der Waals surface area (Å²) in [7, 11) is 1.76. The van der Waals surface area contributed by atoms with Gasteiger partial charge in [-0.2, -0.15) is 0 Å². The van der Waals surface area contributed by atoms with Crippen molar-refractivity contribution < 1.29 is 14.3 Å². The van der Waals surface area contributed by atoms with Crippen LogP contribution in [0, 0.1) is 0 Å². The lowest BCUT2D eigenvalue weighted by atomic mass is 10.00. The van der Waals surface area contributed by atoms with Gasteiger partial charge in [0.1, 0.15) is 5.75 Å². The van der Waals surface area contributed by atoms with Crippen molar-refractivity contribution in [3.63, 3.8) is 0 Å². The van der Waals surface area contributed by atoms with E-state index in [9.17, 15) is 9.59 Å². The lowest BCUT2D eigenvalue weighted by Crippen LogP contribution is -2.37. The lowest BCUT2D eigenvalue weighted by molar-refractivity contribution is -0.136. The van der Waals surface area contributed by atoms with Gasteiger partial charge >= 0.3 is 0 Å². The first-order valence-electron chi connectivity index (χ1n) is 9.24. The van der Waals surface area contributed by atoms with Crippen molar-refractivity contribution in [3.8, 4) is 16.9 Å². The van der Waals surface area contributed by atoms with Crippen LogP contribution in [0.2, 0.25) is 0 Å². The van der Waals surface area contributed by atoms with E-state index in [1.807, 2.05) is 49.4 Å². The van der Waals surface area contributed by atoms with Crippen LogP contribution in [-0.4, -0.2) is 36.4 Å². The quantitative estimate of drug-likeness (QED) is 0.710. The van der Waals surface area contributed by atoms with Gasteiger partial charge in [-0.3, -0.25) is 9.59 Å². The van der Waals surface area contributed by atoms with Crippen LogP contribution in [0.15, 0.2) is 60.7 Å². The number of rotatable bonds is 6. The van der Waals surface area contributed by atoms with E-state index in [4.69, 9.17) is 10.5 Å². The Labute approximate surface area is 164 Å². The number of ether oxygens (including phenoxy) is 1. The molecule has 28 heavy (non-hydrogen) atoms. The van der Waals surface area contributed by atoms with Crippen LogP contribution in [0.3, 0.4) is 0 Å². The molecule has 0 fully saturated rings. The smallest absolute Gasteiger partial charge is 0.263 e. The molecule has 144 valence electrons. The van der Waals surface area contributed by atoms with Gasteiger partial charge in [-0.15, -0.1) is 0 Å². The van der Waals surface area contributed by atoms with Gasteiger partial charge in [0, 0.05) is 19.2 Å². The molecule has 0 bridgehead atoms. The zero-order valence-corrected chi connectivity index (χ0v) is 16.3. The Balaban J connectivity index is 1.87. The molecular weight excluding hydrogens is 352 g/mol. The maximum absolute atomic E-state index is 12.2.